The SMILES string of the molecule is CCCc1nc(C(=O)[O-])c(C(=O)O)[nH]1.CCCc1nc(C(=O)[O-])c(C(=O)O)[nH]1.CN(C)C=O.CN(C)C=O.[Ni+2].[OH3+].[OH3+]. The number of carbonyl (C=O) groups is 6. The minimum atomic E-state index is -1.58. The molecular weight excluding hydrogens is 599 g/mol. The third kappa shape index (κ3) is 19.4. The second-order valence-corrected chi connectivity index (χ2v) is 7.64. The van der Waals surface area contributed by atoms with E-state index in [1.165, 1.54) is 9.80 Å². The maximum absolute atomic E-state index is 10.6. The van der Waals surface area contributed by atoms with Crippen molar-refractivity contribution in [2.45, 2.75) is 39.5 Å². The number of hydrogen-bond donors (Lipinski definition) is 4. The first-order chi connectivity index (χ1) is 17.7. The number of aryl methyl sites for hydroxylation is 2. The molecule has 41 heavy (non-hydrogen) atoms. The maximum Gasteiger partial charge on any atom is 2.00 e. The van der Waals surface area contributed by atoms with Gasteiger partial charge in [-0.1, -0.05) is 13.8 Å². The van der Waals surface area contributed by atoms with Crippen molar-refractivity contribution in [3.8, 4) is 0 Å². The van der Waals surface area contributed by atoms with Gasteiger partial charge in [0.2, 0.25) is 12.8 Å². The first-order valence-corrected chi connectivity index (χ1v) is 11.0. The van der Waals surface area contributed by atoms with Crippen LogP contribution in [-0.4, -0.2) is 105 Å². The summed E-state index contributed by atoms with van der Waals surface area (Å²) < 4.78 is 0. The zero-order chi connectivity index (χ0) is 30.0. The molecule has 236 valence electrons. The molecule has 0 aliphatic carbocycles. The van der Waals surface area contributed by atoms with Crippen LogP contribution < -0.4 is 10.2 Å². The van der Waals surface area contributed by atoms with E-state index in [1.54, 1.807) is 28.2 Å². The van der Waals surface area contributed by atoms with Gasteiger partial charge in [-0.3, -0.25) is 9.59 Å². The predicted molar refractivity (Wildman–Crippen MR) is 137 cm³/mol. The smallest absolute Gasteiger partial charge is 0.543 e. The summed E-state index contributed by atoms with van der Waals surface area (Å²) in [4.78, 5) is 76.0. The van der Waals surface area contributed by atoms with Crippen LogP contribution in [0, 0.1) is 0 Å². The average Bonchev–Trinajstić information content (AvgIpc) is 3.46. The average molecular weight is 637 g/mol. The summed E-state index contributed by atoms with van der Waals surface area (Å²) in [6, 6.07) is 0. The monoisotopic (exact) mass is 636 g/mol. The molecule has 0 unspecified atom stereocenters. The molecule has 0 saturated carbocycles. The molecule has 10 N–H and O–H groups in total. The summed E-state index contributed by atoms with van der Waals surface area (Å²) in [7, 11) is 6.75. The van der Waals surface area contributed by atoms with E-state index in [9.17, 15) is 39.0 Å². The van der Waals surface area contributed by atoms with Crippen molar-refractivity contribution in [2.24, 2.45) is 0 Å². The number of hydrogen-bond acceptors (Lipinski definition) is 10. The van der Waals surface area contributed by atoms with Crippen molar-refractivity contribution in [2.75, 3.05) is 28.2 Å². The number of carboxylic acid groups (broad SMARTS) is 4. The van der Waals surface area contributed by atoms with Gasteiger partial charge in [0.15, 0.2) is 11.4 Å². The Balaban J connectivity index is -0.000000151. The summed E-state index contributed by atoms with van der Waals surface area (Å²) in [6.45, 7) is 3.75. The number of imidazole rings is 2. The third-order valence-electron chi connectivity index (χ3n) is 3.72. The summed E-state index contributed by atoms with van der Waals surface area (Å²) in [5.41, 5.74) is -1.93. The molecule has 2 amide bonds. The van der Waals surface area contributed by atoms with Crippen molar-refractivity contribution in [1.29, 1.82) is 0 Å². The first-order valence-electron chi connectivity index (χ1n) is 11.0. The second kappa shape index (κ2) is 24.7. The van der Waals surface area contributed by atoms with E-state index in [0.29, 0.717) is 24.5 Å². The zero-order valence-electron chi connectivity index (χ0n) is 23.4. The number of carboxylic acids is 4. The van der Waals surface area contributed by atoms with Crippen LogP contribution in [0.3, 0.4) is 0 Å². The number of H-pyrrole nitrogens is 2. The number of aromatic amines is 2. The van der Waals surface area contributed by atoms with Crippen LogP contribution in [0.5, 0.6) is 0 Å². The fraction of sp³-hybridized carbons (Fsp3) is 0.455. The Bertz CT molecular complexity index is 938. The quantitative estimate of drug-likeness (QED) is 0.112. The summed E-state index contributed by atoms with van der Waals surface area (Å²) >= 11 is 0. The molecule has 0 aromatic carbocycles. The van der Waals surface area contributed by atoms with Gasteiger partial charge in [-0.15, -0.1) is 0 Å². The molecule has 0 bridgehead atoms. The molecule has 0 aliphatic rings. The van der Waals surface area contributed by atoms with Crippen LogP contribution >= 0.6 is 0 Å². The van der Waals surface area contributed by atoms with Crippen molar-refractivity contribution in [1.82, 2.24) is 29.7 Å². The van der Waals surface area contributed by atoms with Gasteiger partial charge in [0.25, 0.3) is 0 Å². The molecule has 2 rings (SSSR count). The molecule has 2 aromatic heterocycles. The fourth-order valence-electron chi connectivity index (χ4n) is 2.16. The predicted octanol–water partition coefficient (Wildman–Crippen LogP) is -3.59. The largest absolute Gasteiger partial charge is 2.00 e. The van der Waals surface area contributed by atoms with E-state index >= 15 is 0 Å². The van der Waals surface area contributed by atoms with E-state index in [-0.39, 0.29) is 27.4 Å². The molecule has 0 aliphatic heterocycles. The number of rotatable bonds is 10. The van der Waals surface area contributed by atoms with Gasteiger partial charge in [-0.05, 0) is 12.8 Å². The van der Waals surface area contributed by atoms with Gasteiger partial charge in [0, 0.05) is 41.0 Å². The fourth-order valence-corrected chi connectivity index (χ4v) is 2.16. The van der Waals surface area contributed by atoms with Gasteiger partial charge in [0.05, 0.1) is 11.9 Å². The molecule has 0 spiro atoms. The molecule has 18 nitrogen and oxygen atoms in total. The Morgan fingerprint density at radius 3 is 1.10 bits per heavy atom. The number of aromatic carboxylic acids is 4. The molecule has 2 heterocycles. The zero-order valence-corrected chi connectivity index (χ0v) is 24.4. The number of nitrogens with one attached hydrogen (secondary N) is 2. The molecule has 0 saturated heterocycles. The minimum Gasteiger partial charge on any atom is -0.543 e. The summed E-state index contributed by atoms with van der Waals surface area (Å²) in [5.74, 6) is -5.16. The van der Waals surface area contributed by atoms with Crippen molar-refractivity contribution >= 4 is 36.7 Å². The number of nitrogens with zero attached hydrogens (tertiary/aromatic N) is 4. The van der Waals surface area contributed by atoms with Crippen LogP contribution in [0.2, 0.25) is 0 Å². The number of carbonyl (C=O) groups excluding carboxylic acids is 4. The Morgan fingerprint density at radius 1 is 0.732 bits per heavy atom. The van der Waals surface area contributed by atoms with Crippen LogP contribution in [0.1, 0.15) is 80.3 Å². The van der Waals surface area contributed by atoms with Gasteiger partial charge < -0.3 is 60.7 Å². The molecular formula is C22H38N6NiO12+2. The van der Waals surface area contributed by atoms with Crippen LogP contribution in [0.25, 0.3) is 0 Å². The van der Waals surface area contributed by atoms with Crippen LogP contribution in [-0.2, 0) is 49.9 Å². The van der Waals surface area contributed by atoms with E-state index in [0.717, 1.165) is 25.7 Å². The van der Waals surface area contributed by atoms with E-state index in [2.05, 4.69) is 19.9 Å². The van der Waals surface area contributed by atoms with Crippen LogP contribution in [0.4, 0.5) is 0 Å². The Labute approximate surface area is 245 Å². The van der Waals surface area contributed by atoms with Crippen LogP contribution in [0.15, 0.2) is 0 Å². The van der Waals surface area contributed by atoms with Gasteiger partial charge in [-0.2, -0.15) is 0 Å². The van der Waals surface area contributed by atoms with Gasteiger partial charge in [-0.25, -0.2) is 19.6 Å². The number of amides is 2. The first kappa shape index (κ1) is 46.5. The Morgan fingerprint density at radius 2 is 0.976 bits per heavy atom. The van der Waals surface area contributed by atoms with Crippen molar-refractivity contribution in [3.63, 3.8) is 0 Å². The van der Waals surface area contributed by atoms with E-state index < -0.39 is 46.7 Å². The molecule has 0 radical (unpaired) electrons. The summed E-state index contributed by atoms with van der Waals surface area (Å²) in [5, 5.41) is 38.2. The Kier molecular flexibility index (Phi) is 28.0. The molecule has 0 atom stereocenters. The van der Waals surface area contributed by atoms with Gasteiger partial charge in [0.1, 0.15) is 23.0 Å². The van der Waals surface area contributed by atoms with Gasteiger partial charge >= 0.3 is 28.4 Å². The summed E-state index contributed by atoms with van der Waals surface area (Å²) in [6.07, 6.45) is 4.01. The molecule has 0 fully saturated rings. The standard InChI is InChI=1S/2C8H10N2O4.2C3H7NO.Ni.2H2O/c2*1-2-3-4-9-5(7(11)12)6(10-4)8(13)14;2*1-4(2)3-5;;;/h2*2-3H2,1H3,(H,9,10)(H,11,12)(H,13,14);2*3H,1-2H3;;2*1H2/q;;;;+2;;. The molecule has 2 aromatic rings. The topological polar surface area (TPSA) is 319 Å². The number of aromatic nitrogens is 4. The van der Waals surface area contributed by atoms with Crippen molar-refractivity contribution < 1.29 is 76.6 Å². The van der Waals surface area contributed by atoms with E-state index in [1.807, 2.05) is 13.8 Å². The normalized spacial score (nSPS) is 8.54. The van der Waals surface area contributed by atoms with Crippen molar-refractivity contribution in [3.05, 3.63) is 34.4 Å². The Hall–Kier alpha value is -4.35. The second-order valence-electron chi connectivity index (χ2n) is 7.64. The minimum absolute atomic E-state index is 0. The third-order valence-corrected chi connectivity index (χ3v) is 3.72. The molecule has 19 heteroatoms. The maximum atomic E-state index is 10.6. The van der Waals surface area contributed by atoms with E-state index in [4.69, 9.17) is 10.2 Å².